The predicted molar refractivity (Wildman–Crippen MR) is 86.6 cm³/mol. The zero-order valence-electron chi connectivity index (χ0n) is 13.5. The molecule has 0 heterocycles. The molecule has 0 spiro atoms. The molecule has 0 saturated heterocycles. The van der Waals surface area contributed by atoms with Crippen LogP contribution in [0.5, 0.6) is 0 Å². The van der Waals surface area contributed by atoms with Crippen molar-refractivity contribution in [1.29, 1.82) is 0 Å². The van der Waals surface area contributed by atoms with Crippen molar-refractivity contribution in [2.45, 2.75) is 44.3 Å². The minimum Gasteiger partial charge on any atom is -0.352 e. The van der Waals surface area contributed by atoms with Gasteiger partial charge in [-0.25, -0.2) is 0 Å². The van der Waals surface area contributed by atoms with Gasteiger partial charge in [0.2, 0.25) is 5.91 Å². The van der Waals surface area contributed by atoms with Crippen LogP contribution in [0, 0.1) is 0 Å². The molecule has 2 rings (SSSR count). The van der Waals surface area contributed by atoms with Gasteiger partial charge in [0.1, 0.15) is 6.04 Å². The van der Waals surface area contributed by atoms with Gasteiger partial charge in [-0.3, -0.25) is 9.59 Å². The van der Waals surface area contributed by atoms with Gasteiger partial charge >= 0.3 is 0 Å². The highest BCUT2D eigenvalue weighted by Gasteiger charge is 2.28. The van der Waals surface area contributed by atoms with Crippen molar-refractivity contribution in [3.8, 4) is 0 Å². The average Bonchev–Trinajstić information content (AvgIpc) is 2.96. The Morgan fingerprint density at radius 3 is 2.45 bits per heavy atom. The molecule has 2 amide bonds. The van der Waals surface area contributed by atoms with Gasteiger partial charge < -0.3 is 15.5 Å². The Labute approximate surface area is 132 Å². The molecule has 22 heavy (non-hydrogen) atoms. The fourth-order valence-electron chi connectivity index (χ4n) is 2.82. The van der Waals surface area contributed by atoms with E-state index in [4.69, 9.17) is 0 Å². The van der Waals surface area contributed by atoms with E-state index in [0.717, 1.165) is 19.3 Å². The van der Waals surface area contributed by atoms with Gasteiger partial charge in [0.25, 0.3) is 5.91 Å². The molecule has 1 saturated carbocycles. The third-order valence-corrected chi connectivity index (χ3v) is 4.26. The molecule has 1 aliphatic rings. The number of hydrogen-bond acceptors (Lipinski definition) is 3. The lowest BCUT2D eigenvalue weighted by Gasteiger charge is -2.20. The van der Waals surface area contributed by atoms with Crippen LogP contribution in [0.15, 0.2) is 30.3 Å². The third kappa shape index (κ3) is 4.31. The second kappa shape index (κ2) is 7.40. The Kier molecular flexibility index (Phi) is 5.55. The van der Waals surface area contributed by atoms with E-state index in [1.807, 2.05) is 6.07 Å². The number of nitrogens with zero attached hydrogens (tertiary/aromatic N) is 1. The molecular formula is C17H25N3O2. The number of benzene rings is 1. The first-order valence-electron chi connectivity index (χ1n) is 7.80. The van der Waals surface area contributed by atoms with Gasteiger partial charge in [0.15, 0.2) is 0 Å². The molecule has 0 bridgehead atoms. The first-order chi connectivity index (χ1) is 10.5. The summed E-state index contributed by atoms with van der Waals surface area (Å²) in [5.74, 6) is -0.338. The van der Waals surface area contributed by atoms with Gasteiger partial charge in [-0.1, -0.05) is 18.2 Å². The first kappa shape index (κ1) is 16.5. The van der Waals surface area contributed by atoms with Crippen molar-refractivity contribution in [3.63, 3.8) is 0 Å². The summed E-state index contributed by atoms with van der Waals surface area (Å²) in [6.07, 6.45) is 3.06. The standard InChI is InChI=1S/C17H25N3O2/c1-12(18-17(22)13-7-5-4-6-8-13)16(21)19-14-9-10-15(11-14)20(2)3/h4-8,12,14-15H,9-11H2,1-3H3,(H,18,22)(H,19,21)/t12-,14-,15-/m0/s1. The first-order valence-corrected chi connectivity index (χ1v) is 7.80. The second-order valence-electron chi connectivity index (χ2n) is 6.20. The molecule has 0 radical (unpaired) electrons. The maximum absolute atomic E-state index is 12.2. The molecule has 0 aliphatic heterocycles. The minimum atomic E-state index is -0.536. The normalized spacial score (nSPS) is 22.4. The lowest BCUT2D eigenvalue weighted by molar-refractivity contribution is -0.123. The smallest absolute Gasteiger partial charge is 0.251 e. The summed E-state index contributed by atoms with van der Waals surface area (Å²) in [6, 6.07) is 9.13. The topological polar surface area (TPSA) is 61.4 Å². The molecule has 1 aromatic rings. The van der Waals surface area contributed by atoms with Crippen LogP contribution in [-0.4, -0.2) is 48.9 Å². The van der Waals surface area contributed by atoms with E-state index in [-0.39, 0.29) is 17.9 Å². The lowest BCUT2D eigenvalue weighted by atomic mass is 10.2. The zero-order valence-corrected chi connectivity index (χ0v) is 13.5. The van der Waals surface area contributed by atoms with E-state index in [1.165, 1.54) is 0 Å². The van der Waals surface area contributed by atoms with Crippen molar-refractivity contribution in [2.75, 3.05) is 14.1 Å². The Balaban J connectivity index is 1.81. The van der Waals surface area contributed by atoms with E-state index >= 15 is 0 Å². The molecule has 5 nitrogen and oxygen atoms in total. The number of nitrogens with one attached hydrogen (secondary N) is 2. The predicted octanol–water partition coefficient (Wildman–Crippen LogP) is 1.40. The highest BCUT2D eigenvalue weighted by atomic mass is 16.2. The van der Waals surface area contributed by atoms with Gasteiger partial charge in [-0.15, -0.1) is 0 Å². The van der Waals surface area contributed by atoms with Crippen LogP contribution >= 0.6 is 0 Å². The van der Waals surface area contributed by atoms with Crippen molar-refractivity contribution in [1.82, 2.24) is 15.5 Å². The summed E-state index contributed by atoms with van der Waals surface area (Å²) in [5, 5.41) is 5.78. The molecular weight excluding hydrogens is 278 g/mol. The summed E-state index contributed by atoms with van der Waals surface area (Å²) in [4.78, 5) is 26.4. The highest BCUT2D eigenvalue weighted by molar-refractivity contribution is 5.97. The Morgan fingerprint density at radius 1 is 1.18 bits per heavy atom. The average molecular weight is 303 g/mol. The fourth-order valence-corrected chi connectivity index (χ4v) is 2.82. The van der Waals surface area contributed by atoms with Crippen LogP contribution in [0.4, 0.5) is 0 Å². The van der Waals surface area contributed by atoms with E-state index in [9.17, 15) is 9.59 Å². The second-order valence-corrected chi connectivity index (χ2v) is 6.20. The molecule has 0 unspecified atom stereocenters. The summed E-state index contributed by atoms with van der Waals surface area (Å²) < 4.78 is 0. The minimum absolute atomic E-state index is 0.117. The molecule has 3 atom stereocenters. The van der Waals surface area contributed by atoms with Gasteiger partial charge in [0, 0.05) is 17.6 Å². The quantitative estimate of drug-likeness (QED) is 0.864. The summed E-state index contributed by atoms with van der Waals surface area (Å²) >= 11 is 0. The monoisotopic (exact) mass is 303 g/mol. The fraction of sp³-hybridized carbons (Fsp3) is 0.529. The molecule has 120 valence electrons. The number of carbonyl (C=O) groups excluding carboxylic acids is 2. The number of amides is 2. The maximum atomic E-state index is 12.2. The van der Waals surface area contributed by atoms with E-state index in [1.54, 1.807) is 31.2 Å². The van der Waals surface area contributed by atoms with Crippen molar-refractivity contribution in [3.05, 3.63) is 35.9 Å². The molecule has 5 heteroatoms. The van der Waals surface area contributed by atoms with E-state index in [0.29, 0.717) is 11.6 Å². The number of carbonyl (C=O) groups is 2. The Hall–Kier alpha value is -1.88. The summed E-state index contributed by atoms with van der Waals surface area (Å²) in [7, 11) is 4.13. The van der Waals surface area contributed by atoms with Crippen molar-refractivity contribution in [2.24, 2.45) is 0 Å². The Morgan fingerprint density at radius 2 is 1.86 bits per heavy atom. The molecule has 1 fully saturated rings. The van der Waals surface area contributed by atoms with E-state index in [2.05, 4.69) is 29.6 Å². The maximum Gasteiger partial charge on any atom is 0.251 e. The molecule has 1 aromatic carbocycles. The SMILES string of the molecule is C[C@H](NC(=O)c1ccccc1)C(=O)N[C@H]1CC[C@H](N(C)C)C1. The van der Waals surface area contributed by atoms with Crippen LogP contribution in [0.1, 0.15) is 36.5 Å². The molecule has 0 aromatic heterocycles. The summed E-state index contributed by atoms with van der Waals surface area (Å²) in [6.45, 7) is 1.72. The lowest BCUT2D eigenvalue weighted by Crippen LogP contribution is -2.47. The molecule has 2 N–H and O–H groups in total. The highest BCUT2D eigenvalue weighted by Crippen LogP contribution is 2.22. The largest absolute Gasteiger partial charge is 0.352 e. The van der Waals surface area contributed by atoms with Gasteiger partial charge in [-0.2, -0.15) is 0 Å². The van der Waals surface area contributed by atoms with Crippen LogP contribution < -0.4 is 10.6 Å². The van der Waals surface area contributed by atoms with Gasteiger partial charge in [-0.05, 0) is 52.4 Å². The zero-order chi connectivity index (χ0) is 16.1. The van der Waals surface area contributed by atoms with Crippen molar-refractivity contribution < 1.29 is 9.59 Å². The summed E-state index contributed by atoms with van der Waals surface area (Å²) in [5.41, 5.74) is 0.565. The number of hydrogen-bond donors (Lipinski definition) is 2. The number of rotatable bonds is 5. The van der Waals surface area contributed by atoms with Crippen molar-refractivity contribution >= 4 is 11.8 Å². The van der Waals surface area contributed by atoms with Crippen LogP contribution in [-0.2, 0) is 4.79 Å². The van der Waals surface area contributed by atoms with Gasteiger partial charge in [0.05, 0.1) is 0 Å². The van der Waals surface area contributed by atoms with Crippen LogP contribution in [0.3, 0.4) is 0 Å². The third-order valence-electron chi connectivity index (χ3n) is 4.26. The molecule has 1 aliphatic carbocycles. The van der Waals surface area contributed by atoms with Crippen LogP contribution in [0.25, 0.3) is 0 Å². The van der Waals surface area contributed by atoms with E-state index < -0.39 is 6.04 Å². The Bertz CT molecular complexity index is 516. The van der Waals surface area contributed by atoms with Crippen LogP contribution in [0.2, 0.25) is 0 Å².